The monoisotopic (exact) mass is 272 g/mol. The summed E-state index contributed by atoms with van der Waals surface area (Å²) >= 11 is 0. The second-order valence-electron chi connectivity index (χ2n) is 3.51. The number of alkyl halides is 3. The predicted molar refractivity (Wildman–Crippen MR) is 55.5 cm³/mol. The number of nitrogens with zero attached hydrogens (tertiary/aromatic N) is 2. The van der Waals surface area contributed by atoms with Crippen molar-refractivity contribution in [1.29, 1.82) is 0 Å². The summed E-state index contributed by atoms with van der Waals surface area (Å²) < 4.78 is 47.8. The van der Waals surface area contributed by atoms with Crippen LogP contribution in [0.4, 0.5) is 13.2 Å². The van der Waals surface area contributed by atoms with Gasteiger partial charge >= 0.3 is 6.18 Å². The summed E-state index contributed by atoms with van der Waals surface area (Å²) in [6, 6.07) is 3.03. The van der Waals surface area contributed by atoms with E-state index in [1.165, 1.54) is 6.07 Å². The van der Waals surface area contributed by atoms with Gasteiger partial charge in [0.2, 0.25) is 12.2 Å². The van der Waals surface area contributed by atoms with Crippen LogP contribution < -0.4 is 4.74 Å². The van der Waals surface area contributed by atoms with E-state index in [0.29, 0.717) is 6.29 Å². The summed E-state index contributed by atoms with van der Waals surface area (Å²) in [5.41, 5.74) is -1.11. The molecule has 2 rings (SSSR count). The molecule has 0 unspecified atom stereocenters. The maximum atomic E-state index is 12.8. The number of halogens is 3. The van der Waals surface area contributed by atoms with Crippen molar-refractivity contribution >= 4 is 6.29 Å². The number of benzene rings is 1. The van der Waals surface area contributed by atoms with Crippen LogP contribution in [0.2, 0.25) is 0 Å². The molecule has 1 aromatic heterocycles. The minimum absolute atomic E-state index is 0.0840. The summed E-state index contributed by atoms with van der Waals surface area (Å²) in [7, 11) is 0. The minimum atomic E-state index is -4.62. The molecule has 0 aliphatic rings. The van der Waals surface area contributed by atoms with Crippen molar-refractivity contribution in [3.05, 3.63) is 41.5 Å². The van der Waals surface area contributed by atoms with Crippen LogP contribution in [0.1, 0.15) is 21.7 Å². The van der Waals surface area contributed by atoms with Crippen molar-refractivity contribution in [1.82, 2.24) is 10.1 Å². The van der Waals surface area contributed by atoms with Crippen molar-refractivity contribution in [2.24, 2.45) is 0 Å². The fraction of sp³-hybridized carbons (Fsp3) is 0.182. The molecule has 100 valence electrons. The molecule has 1 heterocycles. The van der Waals surface area contributed by atoms with Crippen LogP contribution in [0, 0.1) is 0 Å². The Hall–Kier alpha value is -2.38. The van der Waals surface area contributed by atoms with Gasteiger partial charge in [-0.1, -0.05) is 5.16 Å². The van der Waals surface area contributed by atoms with Gasteiger partial charge in [-0.25, -0.2) is 0 Å². The van der Waals surface area contributed by atoms with Crippen LogP contribution in [0.3, 0.4) is 0 Å². The highest BCUT2D eigenvalue weighted by atomic mass is 19.4. The Morgan fingerprint density at radius 1 is 1.37 bits per heavy atom. The van der Waals surface area contributed by atoms with Crippen LogP contribution in [-0.4, -0.2) is 16.4 Å². The topological polar surface area (TPSA) is 65.2 Å². The van der Waals surface area contributed by atoms with Gasteiger partial charge in [0.25, 0.3) is 0 Å². The Morgan fingerprint density at radius 2 is 2.16 bits per heavy atom. The van der Waals surface area contributed by atoms with Crippen molar-refractivity contribution in [2.45, 2.75) is 12.8 Å². The molecule has 0 aliphatic heterocycles. The van der Waals surface area contributed by atoms with Crippen LogP contribution in [0.5, 0.6) is 5.75 Å². The number of hydrogen-bond acceptors (Lipinski definition) is 5. The summed E-state index contributed by atoms with van der Waals surface area (Å²) in [6.07, 6.45) is -3.25. The highest BCUT2D eigenvalue weighted by Crippen LogP contribution is 2.36. The average molecular weight is 272 g/mol. The van der Waals surface area contributed by atoms with Gasteiger partial charge in [-0.2, -0.15) is 18.2 Å². The molecular formula is C11H7F3N2O3. The van der Waals surface area contributed by atoms with E-state index in [1.807, 2.05) is 0 Å². The average Bonchev–Trinajstić information content (AvgIpc) is 2.88. The molecule has 1 aromatic carbocycles. The molecule has 0 saturated heterocycles. The standard InChI is InChI=1S/C11H7F3N2O3/c12-11(13,14)8-3-7(4-17)1-2-9(8)18-5-10-15-6-19-16-10/h1-4,6H,5H2. The first kappa shape index (κ1) is 13.1. The van der Waals surface area contributed by atoms with E-state index in [9.17, 15) is 18.0 Å². The van der Waals surface area contributed by atoms with Gasteiger partial charge < -0.3 is 9.26 Å². The van der Waals surface area contributed by atoms with Gasteiger partial charge in [0.1, 0.15) is 12.0 Å². The second kappa shape index (κ2) is 5.09. The lowest BCUT2D eigenvalue weighted by Gasteiger charge is -2.13. The fourth-order valence-corrected chi connectivity index (χ4v) is 1.37. The molecule has 0 atom stereocenters. The number of rotatable bonds is 4. The SMILES string of the molecule is O=Cc1ccc(OCc2ncon2)c(C(F)(F)F)c1. The molecule has 0 radical (unpaired) electrons. The number of carbonyl (C=O) groups excluding carboxylic acids is 1. The largest absolute Gasteiger partial charge is 0.485 e. The zero-order valence-electron chi connectivity index (χ0n) is 9.35. The highest BCUT2D eigenvalue weighted by molar-refractivity contribution is 5.75. The number of hydrogen-bond donors (Lipinski definition) is 0. The minimum Gasteiger partial charge on any atom is -0.485 e. The molecule has 0 spiro atoms. The third-order valence-electron chi connectivity index (χ3n) is 2.21. The first-order valence-electron chi connectivity index (χ1n) is 5.05. The van der Waals surface area contributed by atoms with Gasteiger partial charge in [0.05, 0.1) is 5.56 Å². The smallest absolute Gasteiger partial charge is 0.419 e. The van der Waals surface area contributed by atoms with E-state index < -0.39 is 17.5 Å². The zero-order chi connectivity index (χ0) is 13.9. The van der Waals surface area contributed by atoms with Crippen molar-refractivity contribution in [2.75, 3.05) is 0 Å². The lowest BCUT2D eigenvalue weighted by Crippen LogP contribution is -2.10. The third-order valence-corrected chi connectivity index (χ3v) is 2.21. The molecule has 0 N–H and O–H groups in total. The number of carbonyl (C=O) groups is 1. The van der Waals surface area contributed by atoms with Gasteiger partial charge in [-0.05, 0) is 18.2 Å². The van der Waals surface area contributed by atoms with E-state index in [4.69, 9.17) is 4.74 Å². The summed E-state index contributed by atoms with van der Waals surface area (Å²) in [5.74, 6) is -0.282. The molecule has 0 fully saturated rings. The molecule has 8 heteroatoms. The Labute approximate surface area is 105 Å². The van der Waals surface area contributed by atoms with E-state index in [1.54, 1.807) is 0 Å². The first-order valence-corrected chi connectivity index (χ1v) is 5.05. The van der Waals surface area contributed by atoms with Crippen LogP contribution >= 0.6 is 0 Å². The van der Waals surface area contributed by atoms with Crippen LogP contribution in [0.15, 0.2) is 29.1 Å². The number of aldehydes is 1. The lowest BCUT2D eigenvalue weighted by molar-refractivity contribution is -0.139. The molecular weight excluding hydrogens is 265 g/mol. The van der Waals surface area contributed by atoms with Gasteiger partial charge in [-0.15, -0.1) is 0 Å². The number of aromatic nitrogens is 2. The van der Waals surface area contributed by atoms with Crippen LogP contribution in [-0.2, 0) is 12.8 Å². The molecule has 19 heavy (non-hydrogen) atoms. The molecule has 0 bridgehead atoms. The lowest BCUT2D eigenvalue weighted by atomic mass is 10.1. The van der Waals surface area contributed by atoms with E-state index >= 15 is 0 Å². The number of ether oxygens (including phenoxy) is 1. The van der Waals surface area contributed by atoms with Crippen molar-refractivity contribution in [3.63, 3.8) is 0 Å². The summed E-state index contributed by atoms with van der Waals surface area (Å²) in [6.45, 7) is -0.264. The second-order valence-corrected chi connectivity index (χ2v) is 3.51. The maximum absolute atomic E-state index is 12.8. The quantitative estimate of drug-likeness (QED) is 0.800. The Morgan fingerprint density at radius 3 is 2.74 bits per heavy atom. The Kier molecular flexibility index (Phi) is 3.50. The van der Waals surface area contributed by atoms with Crippen LogP contribution in [0.25, 0.3) is 0 Å². The van der Waals surface area contributed by atoms with Gasteiger partial charge in [0.15, 0.2) is 6.61 Å². The van der Waals surface area contributed by atoms with Gasteiger partial charge in [-0.3, -0.25) is 4.79 Å². The normalized spacial score (nSPS) is 11.3. The highest BCUT2D eigenvalue weighted by Gasteiger charge is 2.34. The first-order chi connectivity index (χ1) is 9.00. The predicted octanol–water partition coefficient (Wildman–Crippen LogP) is 2.48. The Bertz CT molecular complexity index is 567. The fourth-order valence-electron chi connectivity index (χ4n) is 1.37. The third kappa shape index (κ3) is 3.09. The molecule has 0 aliphatic carbocycles. The Balaban J connectivity index is 2.26. The van der Waals surface area contributed by atoms with Gasteiger partial charge in [0, 0.05) is 5.56 Å². The molecule has 2 aromatic rings. The summed E-state index contributed by atoms with van der Waals surface area (Å²) in [5, 5.41) is 3.41. The molecule has 5 nitrogen and oxygen atoms in total. The van der Waals surface area contributed by atoms with E-state index in [2.05, 4.69) is 14.7 Å². The van der Waals surface area contributed by atoms with E-state index in [0.717, 1.165) is 18.5 Å². The zero-order valence-corrected chi connectivity index (χ0v) is 9.35. The summed E-state index contributed by atoms with van der Waals surface area (Å²) in [4.78, 5) is 14.1. The van der Waals surface area contributed by atoms with E-state index in [-0.39, 0.29) is 18.0 Å². The molecule has 0 saturated carbocycles. The van der Waals surface area contributed by atoms with Crippen molar-refractivity contribution in [3.8, 4) is 5.75 Å². The molecule has 0 amide bonds. The maximum Gasteiger partial charge on any atom is 0.419 e. The van der Waals surface area contributed by atoms with Crippen molar-refractivity contribution < 1.29 is 27.2 Å².